The van der Waals surface area contributed by atoms with Crippen LogP contribution in [-0.2, 0) is 4.74 Å². The summed E-state index contributed by atoms with van der Waals surface area (Å²) in [6, 6.07) is 5.11. The molecule has 0 aromatic heterocycles. The molecular weight excluding hydrogens is 230 g/mol. The predicted molar refractivity (Wildman–Crippen MR) is 72.4 cm³/mol. The summed E-state index contributed by atoms with van der Waals surface area (Å²) in [5.41, 5.74) is 1.22. The van der Waals surface area contributed by atoms with Crippen LogP contribution in [0.3, 0.4) is 0 Å². The lowest BCUT2D eigenvalue weighted by molar-refractivity contribution is 0.112. The highest BCUT2D eigenvalue weighted by Crippen LogP contribution is 2.24. The molecule has 0 amide bonds. The standard InChI is InChI=1S/C14H21NO3/c1-11(2)9-15(6-7-18-3)13-5-4-12(10-16)14(17)8-13/h4-5,8,10-11,17H,6-7,9H2,1-3H3. The normalized spacial score (nSPS) is 10.7. The van der Waals surface area contributed by atoms with Gasteiger partial charge in [-0.1, -0.05) is 13.8 Å². The maximum atomic E-state index is 10.7. The molecule has 1 N–H and O–H groups in total. The number of aromatic hydroxyl groups is 1. The van der Waals surface area contributed by atoms with Gasteiger partial charge in [0.15, 0.2) is 6.29 Å². The van der Waals surface area contributed by atoms with E-state index in [0.717, 1.165) is 18.8 Å². The molecular formula is C14H21NO3. The van der Waals surface area contributed by atoms with E-state index >= 15 is 0 Å². The molecule has 0 heterocycles. The number of hydrogen-bond donors (Lipinski definition) is 1. The van der Waals surface area contributed by atoms with Crippen molar-refractivity contribution < 1.29 is 14.6 Å². The third-order valence-electron chi connectivity index (χ3n) is 2.66. The van der Waals surface area contributed by atoms with Crippen LogP contribution in [0.2, 0.25) is 0 Å². The molecule has 18 heavy (non-hydrogen) atoms. The average molecular weight is 251 g/mol. The third kappa shape index (κ3) is 4.04. The summed E-state index contributed by atoms with van der Waals surface area (Å²) in [6.45, 7) is 6.54. The second-order valence-corrected chi connectivity index (χ2v) is 4.69. The first-order chi connectivity index (χ1) is 8.58. The maximum Gasteiger partial charge on any atom is 0.153 e. The number of phenols is 1. The van der Waals surface area contributed by atoms with Gasteiger partial charge in [-0.05, 0) is 18.1 Å². The summed E-state index contributed by atoms with van der Waals surface area (Å²) >= 11 is 0. The number of anilines is 1. The molecule has 100 valence electrons. The Morgan fingerprint density at radius 1 is 1.44 bits per heavy atom. The van der Waals surface area contributed by atoms with Gasteiger partial charge in [0.2, 0.25) is 0 Å². The Hall–Kier alpha value is -1.55. The van der Waals surface area contributed by atoms with Crippen molar-refractivity contribution in [3.63, 3.8) is 0 Å². The minimum atomic E-state index is 0.0219. The molecule has 0 bridgehead atoms. The third-order valence-corrected chi connectivity index (χ3v) is 2.66. The summed E-state index contributed by atoms with van der Waals surface area (Å²) in [6.07, 6.45) is 0.654. The zero-order chi connectivity index (χ0) is 13.5. The van der Waals surface area contributed by atoms with Crippen molar-refractivity contribution in [1.82, 2.24) is 0 Å². The van der Waals surface area contributed by atoms with Crippen LogP contribution in [0.4, 0.5) is 5.69 Å². The molecule has 0 radical (unpaired) electrons. The number of carbonyl (C=O) groups excluding carboxylic acids is 1. The minimum Gasteiger partial charge on any atom is -0.507 e. The monoisotopic (exact) mass is 251 g/mol. The fourth-order valence-electron chi connectivity index (χ4n) is 1.80. The molecule has 1 aromatic rings. The fraction of sp³-hybridized carbons (Fsp3) is 0.500. The molecule has 0 atom stereocenters. The van der Waals surface area contributed by atoms with E-state index in [0.29, 0.717) is 24.4 Å². The van der Waals surface area contributed by atoms with Gasteiger partial charge in [0, 0.05) is 32.0 Å². The number of hydrogen-bond acceptors (Lipinski definition) is 4. The molecule has 4 heteroatoms. The van der Waals surface area contributed by atoms with Crippen molar-refractivity contribution in [2.75, 3.05) is 31.7 Å². The lowest BCUT2D eigenvalue weighted by Crippen LogP contribution is -2.30. The number of methoxy groups -OCH3 is 1. The average Bonchev–Trinajstić information content (AvgIpc) is 2.34. The van der Waals surface area contributed by atoms with Crippen LogP contribution in [-0.4, -0.2) is 38.2 Å². The highest BCUT2D eigenvalue weighted by Gasteiger charge is 2.10. The molecule has 0 unspecified atom stereocenters. The number of ether oxygens (including phenoxy) is 1. The van der Waals surface area contributed by atoms with Crippen molar-refractivity contribution in [3.8, 4) is 5.75 Å². The van der Waals surface area contributed by atoms with Crippen LogP contribution >= 0.6 is 0 Å². The van der Waals surface area contributed by atoms with E-state index in [-0.39, 0.29) is 5.75 Å². The Balaban J connectivity index is 2.89. The van der Waals surface area contributed by atoms with Crippen LogP contribution in [0.5, 0.6) is 5.75 Å². The van der Waals surface area contributed by atoms with E-state index in [1.807, 2.05) is 6.07 Å². The smallest absolute Gasteiger partial charge is 0.153 e. The highest BCUT2D eigenvalue weighted by molar-refractivity contribution is 5.80. The topological polar surface area (TPSA) is 49.8 Å². The van der Waals surface area contributed by atoms with Crippen LogP contribution in [0.15, 0.2) is 18.2 Å². The lowest BCUT2D eigenvalue weighted by atomic mass is 10.1. The number of aldehydes is 1. The Bertz CT molecular complexity index is 391. The molecule has 0 aliphatic rings. The molecule has 4 nitrogen and oxygen atoms in total. The molecule has 1 rings (SSSR count). The van der Waals surface area contributed by atoms with Gasteiger partial charge in [-0.2, -0.15) is 0 Å². The first-order valence-corrected chi connectivity index (χ1v) is 6.10. The van der Waals surface area contributed by atoms with Gasteiger partial charge < -0.3 is 14.7 Å². The number of benzene rings is 1. The summed E-state index contributed by atoms with van der Waals surface area (Å²) in [5, 5.41) is 9.71. The first kappa shape index (κ1) is 14.5. The summed E-state index contributed by atoms with van der Waals surface area (Å²) in [4.78, 5) is 12.8. The van der Waals surface area contributed by atoms with Crippen LogP contribution in [0.1, 0.15) is 24.2 Å². The maximum absolute atomic E-state index is 10.7. The number of carbonyl (C=O) groups is 1. The van der Waals surface area contributed by atoms with Gasteiger partial charge in [-0.3, -0.25) is 4.79 Å². The molecule has 0 fully saturated rings. The fourth-order valence-corrected chi connectivity index (χ4v) is 1.80. The SMILES string of the molecule is COCCN(CC(C)C)c1ccc(C=O)c(O)c1. The second kappa shape index (κ2) is 7.01. The first-order valence-electron chi connectivity index (χ1n) is 6.10. The largest absolute Gasteiger partial charge is 0.507 e. The Morgan fingerprint density at radius 3 is 2.67 bits per heavy atom. The van der Waals surface area contributed by atoms with E-state index in [1.165, 1.54) is 0 Å². The lowest BCUT2D eigenvalue weighted by Gasteiger charge is -2.26. The predicted octanol–water partition coefficient (Wildman–Crippen LogP) is 2.31. The molecule has 0 spiro atoms. The van der Waals surface area contributed by atoms with E-state index in [9.17, 15) is 9.90 Å². The zero-order valence-electron chi connectivity index (χ0n) is 11.2. The van der Waals surface area contributed by atoms with Gasteiger partial charge in [0.05, 0.1) is 12.2 Å². The Labute approximate surface area is 108 Å². The molecule has 0 saturated carbocycles. The minimum absolute atomic E-state index is 0.0219. The number of rotatable bonds is 7. The summed E-state index contributed by atoms with van der Waals surface area (Å²) < 4.78 is 5.09. The van der Waals surface area contributed by atoms with Crippen molar-refractivity contribution in [2.45, 2.75) is 13.8 Å². The molecule has 0 saturated heterocycles. The summed E-state index contributed by atoms with van der Waals surface area (Å²) in [5.74, 6) is 0.531. The van der Waals surface area contributed by atoms with Gasteiger partial charge in [0.25, 0.3) is 0 Å². The van der Waals surface area contributed by atoms with Crippen molar-refractivity contribution >= 4 is 12.0 Å². The zero-order valence-corrected chi connectivity index (χ0v) is 11.2. The van der Waals surface area contributed by atoms with Crippen LogP contribution in [0.25, 0.3) is 0 Å². The molecule has 1 aromatic carbocycles. The van der Waals surface area contributed by atoms with Crippen LogP contribution < -0.4 is 4.90 Å². The van der Waals surface area contributed by atoms with E-state index < -0.39 is 0 Å². The van der Waals surface area contributed by atoms with Crippen molar-refractivity contribution in [2.24, 2.45) is 5.92 Å². The number of nitrogens with zero attached hydrogens (tertiary/aromatic N) is 1. The summed E-state index contributed by atoms with van der Waals surface area (Å²) in [7, 11) is 1.67. The molecule has 0 aliphatic heterocycles. The Morgan fingerprint density at radius 2 is 2.17 bits per heavy atom. The molecule has 0 aliphatic carbocycles. The van der Waals surface area contributed by atoms with Gasteiger partial charge in [-0.15, -0.1) is 0 Å². The second-order valence-electron chi connectivity index (χ2n) is 4.69. The van der Waals surface area contributed by atoms with E-state index in [4.69, 9.17) is 4.74 Å². The van der Waals surface area contributed by atoms with Crippen molar-refractivity contribution in [1.29, 1.82) is 0 Å². The van der Waals surface area contributed by atoms with Crippen LogP contribution in [0, 0.1) is 5.92 Å². The van der Waals surface area contributed by atoms with E-state index in [2.05, 4.69) is 18.7 Å². The van der Waals surface area contributed by atoms with Gasteiger partial charge in [-0.25, -0.2) is 0 Å². The number of phenolic OH excluding ortho intramolecular Hbond substituents is 1. The quantitative estimate of drug-likeness (QED) is 0.755. The highest BCUT2D eigenvalue weighted by atomic mass is 16.5. The Kier molecular flexibility index (Phi) is 5.65. The van der Waals surface area contributed by atoms with E-state index in [1.54, 1.807) is 19.2 Å². The van der Waals surface area contributed by atoms with Gasteiger partial charge in [0.1, 0.15) is 5.75 Å². The van der Waals surface area contributed by atoms with Crippen molar-refractivity contribution in [3.05, 3.63) is 23.8 Å². The van der Waals surface area contributed by atoms with Gasteiger partial charge >= 0.3 is 0 Å².